The fraction of sp³-hybridized carbons (Fsp3) is 0.188. The Morgan fingerprint density at radius 2 is 1.52 bits per heavy atom. The lowest BCUT2D eigenvalue weighted by Crippen LogP contribution is -2.10. The number of benzene rings is 2. The minimum atomic E-state index is -5.03. The van der Waals surface area contributed by atoms with E-state index in [0.29, 0.717) is 12.1 Å². The maximum absolute atomic E-state index is 12.8. The second-order valence-corrected chi connectivity index (χ2v) is 5.48. The van der Waals surface area contributed by atoms with Crippen LogP contribution < -0.4 is 0 Å². The average Bonchev–Trinajstić information content (AvgIpc) is 2.54. The van der Waals surface area contributed by atoms with Crippen LogP contribution in [0.2, 0.25) is 0 Å². The summed E-state index contributed by atoms with van der Waals surface area (Å²) < 4.78 is 76.9. The third kappa shape index (κ3) is 4.74. The molecule has 0 bridgehead atoms. The van der Waals surface area contributed by atoms with Crippen LogP contribution in [-0.2, 0) is 12.4 Å². The van der Waals surface area contributed by atoms with Crippen LogP contribution in [0.5, 0.6) is 5.75 Å². The summed E-state index contributed by atoms with van der Waals surface area (Å²) in [7, 11) is 0. The molecule has 5 nitrogen and oxygen atoms in total. The Morgan fingerprint density at radius 1 is 1.00 bits per heavy atom. The third-order valence-electron chi connectivity index (χ3n) is 3.45. The largest absolute Gasteiger partial charge is 0.507 e. The molecule has 2 rings (SSSR count). The van der Waals surface area contributed by atoms with Gasteiger partial charge in [-0.3, -0.25) is 15.1 Å². The van der Waals surface area contributed by atoms with E-state index >= 15 is 0 Å². The predicted octanol–water partition coefficient (Wildman–Crippen LogP) is 5.40. The highest BCUT2D eigenvalue weighted by atomic mass is 19.4. The zero-order chi connectivity index (χ0) is 20.6. The average molecular weight is 392 g/mol. The number of hydrogen-bond acceptors (Lipinski definition) is 4. The first-order chi connectivity index (χ1) is 12.3. The summed E-state index contributed by atoms with van der Waals surface area (Å²) in [6.45, 7) is 1.34. The van der Waals surface area contributed by atoms with Crippen molar-refractivity contribution in [1.29, 1.82) is 0 Å². The van der Waals surface area contributed by atoms with Crippen LogP contribution >= 0.6 is 0 Å². The molecular weight excluding hydrogens is 382 g/mol. The molecule has 0 aromatic heterocycles. The SMILES string of the molecule is Cc1cc([N+](=O)[O-])cc(C=Nc2cc(C(F)(F)F)cc(C(F)(F)F)c2)c1O. The molecule has 0 amide bonds. The molecule has 0 fully saturated rings. The Balaban J connectivity index is 2.55. The molecule has 0 unspecified atom stereocenters. The minimum absolute atomic E-state index is 0.0476. The van der Waals surface area contributed by atoms with Crippen molar-refractivity contribution in [2.75, 3.05) is 0 Å². The number of aliphatic imine (C=N–C) groups is 1. The maximum Gasteiger partial charge on any atom is 0.416 e. The molecule has 2 aromatic carbocycles. The summed E-state index contributed by atoms with van der Waals surface area (Å²) in [5, 5.41) is 20.7. The number of halogens is 6. The van der Waals surface area contributed by atoms with Crippen LogP contribution in [0.4, 0.5) is 37.7 Å². The zero-order valence-electron chi connectivity index (χ0n) is 13.4. The molecule has 0 radical (unpaired) electrons. The van der Waals surface area contributed by atoms with E-state index in [9.17, 15) is 41.6 Å². The number of alkyl halides is 6. The second kappa shape index (κ2) is 6.89. The van der Waals surface area contributed by atoms with Crippen molar-refractivity contribution in [3.05, 3.63) is 62.7 Å². The number of non-ortho nitro benzene ring substituents is 1. The van der Waals surface area contributed by atoms with Gasteiger partial charge in [0.05, 0.1) is 21.7 Å². The van der Waals surface area contributed by atoms with Gasteiger partial charge >= 0.3 is 12.4 Å². The normalized spacial score (nSPS) is 12.6. The van der Waals surface area contributed by atoms with Gasteiger partial charge in [-0.25, -0.2) is 0 Å². The van der Waals surface area contributed by atoms with Gasteiger partial charge in [-0.1, -0.05) is 0 Å². The van der Waals surface area contributed by atoms with Gasteiger partial charge in [0, 0.05) is 23.9 Å². The molecule has 0 saturated carbocycles. The number of nitrogens with zero attached hydrogens (tertiary/aromatic N) is 2. The summed E-state index contributed by atoms with van der Waals surface area (Å²) in [6, 6.07) is 2.69. The van der Waals surface area contributed by atoms with Crippen molar-refractivity contribution < 1.29 is 36.4 Å². The lowest BCUT2D eigenvalue weighted by Gasteiger charge is -2.12. The van der Waals surface area contributed by atoms with Crippen molar-refractivity contribution in [2.24, 2.45) is 4.99 Å². The van der Waals surface area contributed by atoms with Crippen molar-refractivity contribution in [2.45, 2.75) is 19.3 Å². The predicted molar refractivity (Wildman–Crippen MR) is 83.2 cm³/mol. The summed E-state index contributed by atoms with van der Waals surface area (Å²) in [5.74, 6) is -0.438. The fourth-order valence-electron chi connectivity index (χ4n) is 2.15. The van der Waals surface area contributed by atoms with E-state index in [4.69, 9.17) is 0 Å². The highest BCUT2D eigenvalue weighted by molar-refractivity contribution is 5.87. The number of aromatic hydroxyl groups is 1. The molecule has 0 heterocycles. The molecule has 1 N–H and O–H groups in total. The smallest absolute Gasteiger partial charge is 0.416 e. The zero-order valence-corrected chi connectivity index (χ0v) is 13.4. The van der Waals surface area contributed by atoms with Gasteiger partial charge in [-0.05, 0) is 30.7 Å². The van der Waals surface area contributed by atoms with E-state index in [0.717, 1.165) is 18.3 Å². The van der Waals surface area contributed by atoms with E-state index in [1.54, 1.807) is 0 Å². The number of nitro benzene ring substituents is 1. The molecule has 144 valence electrons. The van der Waals surface area contributed by atoms with E-state index in [1.165, 1.54) is 6.92 Å². The summed E-state index contributed by atoms with van der Waals surface area (Å²) in [6.07, 6.45) is -9.31. The van der Waals surface area contributed by atoms with Crippen LogP contribution in [0.3, 0.4) is 0 Å². The van der Waals surface area contributed by atoms with Gasteiger partial charge in [0.1, 0.15) is 5.75 Å². The van der Waals surface area contributed by atoms with E-state index in [1.807, 2.05) is 0 Å². The number of phenolic OH excluding ortho intramolecular Hbond substituents is 1. The summed E-state index contributed by atoms with van der Waals surface area (Å²) >= 11 is 0. The Bertz CT molecular complexity index is 887. The van der Waals surface area contributed by atoms with E-state index < -0.39 is 45.5 Å². The molecule has 27 heavy (non-hydrogen) atoms. The summed E-state index contributed by atoms with van der Waals surface area (Å²) in [5.41, 5.74) is -4.35. The van der Waals surface area contributed by atoms with Gasteiger partial charge in [-0.15, -0.1) is 0 Å². The highest BCUT2D eigenvalue weighted by Gasteiger charge is 2.36. The van der Waals surface area contributed by atoms with Crippen molar-refractivity contribution in [3.63, 3.8) is 0 Å². The van der Waals surface area contributed by atoms with Crippen LogP contribution in [0, 0.1) is 17.0 Å². The van der Waals surface area contributed by atoms with Crippen molar-refractivity contribution >= 4 is 17.6 Å². The number of rotatable bonds is 3. The minimum Gasteiger partial charge on any atom is -0.507 e. The molecule has 0 aliphatic rings. The first kappa shape index (κ1) is 20.2. The third-order valence-corrected chi connectivity index (χ3v) is 3.45. The van der Waals surface area contributed by atoms with Gasteiger partial charge in [0.2, 0.25) is 0 Å². The Labute approximate surface area is 147 Å². The summed E-state index contributed by atoms with van der Waals surface area (Å²) in [4.78, 5) is 13.6. The first-order valence-corrected chi connectivity index (χ1v) is 7.10. The van der Waals surface area contributed by atoms with Crippen LogP contribution in [0.1, 0.15) is 22.3 Å². The standard InChI is InChI=1S/C16H10F6N2O3/c1-8-2-13(24(26)27)3-9(14(8)25)7-23-12-5-10(15(17,18)19)4-11(6-12)16(20,21)22/h2-7,25H,1H3. The van der Waals surface area contributed by atoms with Gasteiger partial charge in [0.25, 0.3) is 5.69 Å². The monoisotopic (exact) mass is 392 g/mol. The fourth-order valence-corrected chi connectivity index (χ4v) is 2.15. The molecule has 0 aliphatic carbocycles. The lowest BCUT2D eigenvalue weighted by atomic mass is 10.1. The molecule has 11 heteroatoms. The topological polar surface area (TPSA) is 75.7 Å². The molecule has 0 atom stereocenters. The van der Waals surface area contributed by atoms with E-state index in [2.05, 4.69) is 4.99 Å². The molecule has 0 spiro atoms. The molecule has 2 aromatic rings. The Hall–Kier alpha value is -3.11. The quantitative estimate of drug-likeness (QED) is 0.329. The van der Waals surface area contributed by atoms with Gasteiger partial charge in [-0.2, -0.15) is 26.3 Å². The molecule has 0 saturated heterocycles. The molecular formula is C16H10F6N2O3. The first-order valence-electron chi connectivity index (χ1n) is 7.10. The lowest BCUT2D eigenvalue weighted by molar-refractivity contribution is -0.384. The molecule has 0 aliphatic heterocycles. The van der Waals surface area contributed by atoms with Crippen LogP contribution in [0.15, 0.2) is 35.3 Å². The second-order valence-electron chi connectivity index (χ2n) is 5.48. The van der Waals surface area contributed by atoms with Crippen molar-refractivity contribution in [3.8, 4) is 5.75 Å². The number of aryl methyl sites for hydroxylation is 1. The maximum atomic E-state index is 12.8. The Morgan fingerprint density at radius 3 is 1.96 bits per heavy atom. The highest BCUT2D eigenvalue weighted by Crippen LogP contribution is 2.38. The van der Waals surface area contributed by atoms with Crippen LogP contribution in [0.25, 0.3) is 0 Å². The number of hydrogen-bond donors (Lipinski definition) is 1. The Kier molecular flexibility index (Phi) is 5.16. The van der Waals surface area contributed by atoms with E-state index in [-0.39, 0.29) is 17.2 Å². The van der Waals surface area contributed by atoms with Gasteiger partial charge < -0.3 is 5.11 Å². The van der Waals surface area contributed by atoms with Crippen LogP contribution in [-0.4, -0.2) is 16.2 Å². The number of nitro groups is 1. The van der Waals surface area contributed by atoms with Crippen molar-refractivity contribution in [1.82, 2.24) is 0 Å². The van der Waals surface area contributed by atoms with Gasteiger partial charge in [0.15, 0.2) is 0 Å². The number of phenols is 1.